The number of aliphatic hydroxyl groups is 1. The molecule has 0 saturated carbocycles. The van der Waals surface area contributed by atoms with Gasteiger partial charge in [0.2, 0.25) is 0 Å². The van der Waals surface area contributed by atoms with E-state index in [-0.39, 0.29) is 19.1 Å². The van der Waals surface area contributed by atoms with Crippen molar-refractivity contribution in [3.63, 3.8) is 0 Å². The van der Waals surface area contributed by atoms with Crippen LogP contribution in [-0.4, -0.2) is 17.6 Å². The second kappa shape index (κ2) is 6.58. The lowest BCUT2D eigenvalue weighted by Gasteiger charge is -2.08. The van der Waals surface area contributed by atoms with E-state index < -0.39 is 0 Å². The van der Waals surface area contributed by atoms with Crippen molar-refractivity contribution in [3.05, 3.63) is 54.1 Å². The first-order valence-corrected chi connectivity index (χ1v) is 6.15. The Labute approximate surface area is 117 Å². The number of aliphatic hydroxyl groups excluding tert-OH is 1. The molecule has 0 aliphatic heterocycles. The maximum Gasteiger partial charge on any atom is 0.262 e. The fraction of sp³-hybridized carbons (Fsp3) is 0.133. The summed E-state index contributed by atoms with van der Waals surface area (Å²) in [5, 5.41) is 11.6. The van der Waals surface area contributed by atoms with E-state index in [0.717, 1.165) is 5.56 Å². The van der Waals surface area contributed by atoms with Crippen molar-refractivity contribution in [2.45, 2.75) is 6.61 Å². The smallest absolute Gasteiger partial charge is 0.262 e. The van der Waals surface area contributed by atoms with Gasteiger partial charge in [0.15, 0.2) is 6.61 Å². The summed E-state index contributed by atoms with van der Waals surface area (Å²) in [4.78, 5) is 11.7. The average Bonchev–Trinajstić information content (AvgIpc) is 2.46. The summed E-state index contributed by atoms with van der Waals surface area (Å²) < 4.78 is 5.33. The van der Waals surface area contributed by atoms with Crippen molar-refractivity contribution < 1.29 is 14.6 Å². The van der Waals surface area contributed by atoms with Crippen molar-refractivity contribution in [3.8, 4) is 5.75 Å². The lowest BCUT2D eigenvalue weighted by atomic mass is 10.2. The van der Waals surface area contributed by atoms with Crippen molar-refractivity contribution in [2.24, 2.45) is 0 Å². The number of nitrogens with one attached hydrogen (secondary N) is 1. The Hall–Kier alpha value is -2.53. The predicted molar refractivity (Wildman–Crippen MR) is 77.3 cm³/mol. The number of anilines is 2. The minimum absolute atomic E-state index is 0.0211. The Balaban J connectivity index is 1.85. The SMILES string of the molecule is Nc1cccc(OCC(=O)Nc2ccc(CO)cc2)c1. The molecule has 1 amide bonds. The summed E-state index contributed by atoms with van der Waals surface area (Å²) in [7, 11) is 0. The van der Waals surface area contributed by atoms with Gasteiger partial charge in [0.25, 0.3) is 5.91 Å². The molecule has 5 heteroatoms. The molecule has 0 aliphatic rings. The number of benzene rings is 2. The number of ether oxygens (including phenoxy) is 1. The molecular formula is C15H16N2O3. The fourth-order valence-electron chi connectivity index (χ4n) is 1.64. The number of nitrogen functional groups attached to an aromatic ring is 1. The monoisotopic (exact) mass is 272 g/mol. The molecule has 2 aromatic carbocycles. The molecule has 2 aromatic rings. The average molecular weight is 272 g/mol. The molecule has 104 valence electrons. The number of hydrogen-bond donors (Lipinski definition) is 3. The number of amides is 1. The second-order valence-corrected chi connectivity index (χ2v) is 4.26. The Morgan fingerprint density at radius 1 is 1.20 bits per heavy atom. The minimum Gasteiger partial charge on any atom is -0.484 e. The Morgan fingerprint density at radius 2 is 1.95 bits per heavy atom. The molecular weight excluding hydrogens is 256 g/mol. The molecule has 0 saturated heterocycles. The highest BCUT2D eigenvalue weighted by molar-refractivity contribution is 5.91. The molecule has 0 bridgehead atoms. The van der Waals surface area contributed by atoms with Crippen LogP contribution in [0.4, 0.5) is 11.4 Å². The third kappa shape index (κ3) is 4.00. The Kier molecular flexibility index (Phi) is 4.57. The Morgan fingerprint density at radius 3 is 2.60 bits per heavy atom. The van der Waals surface area contributed by atoms with E-state index in [9.17, 15) is 4.79 Å². The summed E-state index contributed by atoms with van der Waals surface area (Å²) >= 11 is 0. The van der Waals surface area contributed by atoms with E-state index in [1.807, 2.05) is 0 Å². The van der Waals surface area contributed by atoms with E-state index in [0.29, 0.717) is 17.1 Å². The predicted octanol–water partition coefficient (Wildman–Crippen LogP) is 1.78. The molecule has 0 fully saturated rings. The van der Waals surface area contributed by atoms with E-state index in [1.54, 1.807) is 48.5 Å². The maximum atomic E-state index is 11.7. The first-order valence-electron chi connectivity index (χ1n) is 6.15. The van der Waals surface area contributed by atoms with Gasteiger partial charge in [0.05, 0.1) is 6.61 Å². The molecule has 4 N–H and O–H groups in total. The van der Waals surface area contributed by atoms with Crippen LogP contribution in [-0.2, 0) is 11.4 Å². The molecule has 0 aliphatic carbocycles. The van der Waals surface area contributed by atoms with Crippen LogP contribution < -0.4 is 15.8 Å². The zero-order valence-electron chi connectivity index (χ0n) is 10.9. The van der Waals surface area contributed by atoms with Gasteiger partial charge in [0, 0.05) is 17.4 Å². The largest absolute Gasteiger partial charge is 0.484 e. The quantitative estimate of drug-likeness (QED) is 0.724. The lowest BCUT2D eigenvalue weighted by molar-refractivity contribution is -0.118. The summed E-state index contributed by atoms with van der Waals surface area (Å²) in [6, 6.07) is 13.8. The van der Waals surface area contributed by atoms with E-state index in [2.05, 4.69) is 5.32 Å². The molecule has 5 nitrogen and oxygen atoms in total. The van der Waals surface area contributed by atoms with Crippen LogP contribution in [0.5, 0.6) is 5.75 Å². The molecule has 0 atom stereocenters. The van der Waals surface area contributed by atoms with E-state index in [1.165, 1.54) is 0 Å². The number of hydrogen-bond acceptors (Lipinski definition) is 4. The van der Waals surface area contributed by atoms with Crippen molar-refractivity contribution in [1.82, 2.24) is 0 Å². The van der Waals surface area contributed by atoms with Gasteiger partial charge in [-0.05, 0) is 29.8 Å². The van der Waals surface area contributed by atoms with Gasteiger partial charge in [-0.15, -0.1) is 0 Å². The molecule has 0 spiro atoms. The first-order chi connectivity index (χ1) is 9.67. The number of carbonyl (C=O) groups is 1. The van der Waals surface area contributed by atoms with Crippen molar-refractivity contribution in [2.75, 3.05) is 17.7 Å². The molecule has 0 heterocycles. The highest BCUT2D eigenvalue weighted by Gasteiger charge is 2.04. The van der Waals surface area contributed by atoms with Crippen LogP contribution >= 0.6 is 0 Å². The van der Waals surface area contributed by atoms with Gasteiger partial charge in [-0.25, -0.2) is 0 Å². The molecule has 2 rings (SSSR count). The van der Waals surface area contributed by atoms with E-state index >= 15 is 0 Å². The topological polar surface area (TPSA) is 84.6 Å². The van der Waals surface area contributed by atoms with Crippen LogP contribution in [0.3, 0.4) is 0 Å². The number of rotatable bonds is 5. The second-order valence-electron chi connectivity index (χ2n) is 4.26. The van der Waals surface area contributed by atoms with Gasteiger partial charge in [-0.1, -0.05) is 18.2 Å². The van der Waals surface area contributed by atoms with Gasteiger partial charge in [-0.3, -0.25) is 4.79 Å². The summed E-state index contributed by atoms with van der Waals surface area (Å²) in [5.74, 6) is 0.292. The van der Waals surface area contributed by atoms with Crippen LogP contribution in [0.2, 0.25) is 0 Å². The normalized spacial score (nSPS) is 10.1. The molecule has 0 unspecified atom stereocenters. The lowest BCUT2D eigenvalue weighted by Crippen LogP contribution is -2.20. The van der Waals surface area contributed by atoms with Gasteiger partial charge < -0.3 is 20.9 Å². The van der Waals surface area contributed by atoms with Crippen molar-refractivity contribution in [1.29, 1.82) is 0 Å². The van der Waals surface area contributed by atoms with Gasteiger partial charge >= 0.3 is 0 Å². The Bertz CT molecular complexity index is 582. The first kappa shape index (κ1) is 13.9. The minimum atomic E-state index is -0.260. The number of carbonyl (C=O) groups excluding carboxylic acids is 1. The van der Waals surface area contributed by atoms with Crippen LogP contribution in [0.25, 0.3) is 0 Å². The van der Waals surface area contributed by atoms with Crippen LogP contribution in [0, 0.1) is 0 Å². The zero-order chi connectivity index (χ0) is 14.4. The highest BCUT2D eigenvalue weighted by atomic mass is 16.5. The summed E-state index contributed by atoms with van der Waals surface area (Å²) in [6.45, 7) is -0.113. The van der Waals surface area contributed by atoms with Gasteiger partial charge in [-0.2, -0.15) is 0 Å². The standard InChI is InChI=1S/C15H16N2O3/c16-12-2-1-3-14(8-12)20-10-15(19)17-13-6-4-11(9-18)5-7-13/h1-8,18H,9-10,16H2,(H,17,19). The number of nitrogens with two attached hydrogens (primary N) is 1. The third-order valence-electron chi connectivity index (χ3n) is 2.65. The summed E-state index contributed by atoms with van der Waals surface area (Å²) in [6.07, 6.45) is 0. The maximum absolute atomic E-state index is 11.7. The zero-order valence-corrected chi connectivity index (χ0v) is 10.9. The fourth-order valence-corrected chi connectivity index (χ4v) is 1.64. The molecule has 0 aromatic heterocycles. The summed E-state index contributed by atoms with van der Waals surface area (Å²) in [5.41, 5.74) is 7.65. The van der Waals surface area contributed by atoms with E-state index in [4.69, 9.17) is 15.6 Å². The molecule has 0 radical (unpaired) electrons. The highest BCUT2D eigenvalue weighted by Crippen LogP contribution is 2.14. The third-order valence-corrected chi connectivity index (χ3v) is 2.65. The molecule has 20 heavy (non-hydrogen) atoms. The van der Waals surface area contributed by atoms with Gasteiger partial charge in [0.1, 0.15) is 5.75 Å². The van der Waals surface area contributed by atoms with Crippen molar-refractivity contribution >= 4 is 17.3 Å². The van der Waals surface area contributed by atoms with Crippen LogP contribution in [0.15, 0.2) is 48.5 Å². The van der Waals surface area contributed by atoms with Crippen LogP contribution in [0.1, 0.15) is 5.56 Å².